The summed E-state index contributed by atoms with van der Waals surface area (Å²) in [6, 6.07) is 9.52. The lowest BCUT2D eigenvalue weighted by atomic mass is 9.96. The van der Waals surface area contributed by atoms with E-state index < -0.39 is 0 Å². The van der Waals surface area contributed by atoms with Gasteiger partial charge in [-0.25, -0.2) is 0 Å². The smallest absolute Gasteiger partial charge is 0.278 e. The molecule has 2 aromatic heterocycles. The highest BCUT2D eigenvalue weighted by Gasteiger charge is 2.24. The zero-order chi connectivity index (χ0) is 20.3. The minimum absolute atomic E-state index is 0.230. The first-order chi connectivity index (χ1) is 14.8. The van der Waals surface area contributed by atoms with Crippen LogP contribution in [0.4, 0.5) is 22.9 Å². The number of anilines is 4. The maximum atomic E-state index is 12.6. The first kappa shape index (κ1) is 18.6. The molecule has 0 unspecified atom stereocenters. The molecule has 1 saturated heterocycles. The Balaban J connectivity index is 1.24. The molecule has 8 nitrogen and oxygen atoms in total. The van der Waals surface area contributed by atoms with E-state index in [0.29, 0.717) is 17.2 Å². The van der Waals surface area contributed by atoms with Crippen molar-refractivity contribution < 1.29 is 9.32 Å². The monoisotopic (exact) mass is 404 g/mol. The van der Waals surface area contributed by atoms with E-state index in [4.69, 9.17) is 4.52 Å². The van der Waals surface area contributed by atoms with Gasteiger partial charge in [0, 0.05) is 42.5 Å². The highest BCUT2D eigenvalue weighted by atomic mass is 16.5. The average molecular weight is 404 g/mol. The Morgan fingerprint density at radius 2 is 1.77 bits per heavy atom. The summed E-state index contributed by atoms with van der Waals surface area (Å²) in [5, 5.41) is 18.5. The van der Waals surface area contributed by atoms with Gasteiger partial charge in [-0.3, -0.25) is 4.79 Å². The fourth-order valence-electron chi connectivity index (χ4n) is 4.10. The number of benzene rings is 1. The molecule has 154 valence electrons. The number of hydrogen-bond donors (Lipinski definition) is 2. The molecule has 3 aromatic rings. The molecule has 5 rings (SSSR count). The Kier molecular flexibility index (Phi) is 5.04. The molecular formula is C22H24N6O2. The van der Waals surface area contributed by atoms with Crippen molar-refractivity contribution in [1.29, 1.82) is 0 Å². The lowest BCUT2D eigenvalue weighted by Gasteiger charge is -2.17. The minimum Gasteiger partial charge on any atom is -0.370 e. The van der Waals surface area contributed by atoms with Crippen molar-refractivity contribution in [2.75, 3.05) is 28.6 Å². The van der Waals surface area contributed by atoms with Crippen molar-refractivity contribution in [3.8, 4) is 0 Å². The Morgan fingerprint density at radius 1 is 1.00 bits per heavy atom. The van der Waals surface area contributed by atoms with Crippen LogP contribution in [0.25, 0.3) is 0 Å². The first-order valence-electron chi connectivity index (χ1n) is 10.5. The predicted octanol–water partition coefficient (Wildman–Crippen LogP) is 3.94. The van der Waals surface area contributed by atoms with Gasteiger partial charge in [0.05, 0.1) is 11.9 Å². The highest BCUT2D eigenvalue weighted by molar-refractivity contribution is 6.04. The van der Waals surface area contributed by atoms with Crippen molar-refractivity contribution in [1.82, 2.24) is 15.4 Å². The Labute approximate surface area is 174 Å². The summed E-state index contributed by atoms with van der Waals surface area (Å²) in [6.07, 6.45) is 8.10. The molecule has 0 saturated carbocycles. The molecule has 2 aliphatic rings. The number of fused-ring (bicyclic) bond motifs is 1. The van der Waals surface area contributed by atoms with Crippen LogP contribution in [0.2, 0.25) is 0 Å². The molecule has 1 amide bonds. The summed E-state index contributed by atoms with van der Waals surface area (Å²) in [5.74, 6) is 1.32. The van der Waals surface area contributed by atoms with Gasteiger partial charge in [0.1, 0.15) is 5.76 Å². The Bertz CT molecular complexity index is 1040. The van der Waals surface area contributed by atoms with Crippen LogP contribution in [0.15, 0.2) is 41.1 Å². The number of nitrogens with zero attached hydrogens (tertiary/aromatic N) is 4. The molecule has 0 atom stereocenters. The van der Waals surface area contributed by atoms with Crippen LogP contribution in [0.5, 0.6) is 0 Å². The number of nitrogens with one attached hydrogen (secondary N) is 2. The second kappa shape index (κ2) is 8.14. The molecule has 0 radical (unpaired) electrons. The maximum Gasteiger partial charge on any atom is 0.278 e. The van der Waals surface area contributed by atoms with Gasteiger partial charge in [-0.05, 0) is 56.4 Å². The summed E-state index contributed by atoms with van der Waals surface area (Å²) >= 11 is 0. The van der Waals surface area contributed by atoms with Crippen LogP contribution in [0.1, 0.15) is 47.5 Å². The van der Waals surface area contributed by atoms with Crippen LogP contribution in [0, 0.1) is 0 Å². The van der Waals surface area contributed by atoms with E-state index in [0.717, 1.165) is 61.5 Å². The van der Waals surface area contributed by atoms with Crippen LogP contribution in [-0.4, -0.2) is 34.4 Å². The van der Waals surface area contributed by atoms with E-state index in [1.165, 1.54) is 12.8 Å². The number of aromatic nitrogens is 3. The van der Waals surface area contributed by atoms with Gasteiger partial charge < -0.3 is 20.1 Å². The van der Waals surface area contributed by atoms with Crippen molar-refractivity contribution in [3.63, 3.8) is 0 Å². The third-order valence-electron chi connectivity index (χ3n) is 5.69. The molecule has 1 aromatic carbocycles. The van der Waals surface area contributed by atoms with E-state index in [2.05, 4.69) is 30.9 Å². The number of hydrogen-bond acceptors (Lipinski definition) is 7. The third kappa shape index (κ3) is 3.85. The first-order valence-corrected chi connectivity index (χ1v) is 10.5. The van der Waals surface area contributed by atoms with Crippen molar-refractivity contribution in [3.05, 3.63) is 53.5 Å². The number of carbonyl (C=O) groups excluding carboxylic acids is 1. The Morgan fingerprint density at radius 3 is 2.60 bits per heavy atom. The molecule has 0 spiro atoms. The van der Waals surface area contributed by atoms with E-state index in [1.807, 2.05) is 30.3 Å². The molecule has 0 bridgehead atoms. The van der Waals surface area contributed by atoms with Gasteiger partial charge in [0.25, 0.3) is 5.91 Å². The number of carbonyl (C=O) groups is 1. The summed E-state index contributed by atoms with van der Waals surface area (Å²) in [5.41, 5.74) is 4.02. The molecule has 8 heteroatoms. The Hall–Kier alpha value is -3.42. The van der Waals surface area contributed by atoms with E-state index in [1.54, 1.807) is 6.20 Å². The van der Waals surface area contributed by atoms with Crippen molar-refractivity contribution in [2.45, 2.75) is 38.5 Å². The molecule has 1 aliphatic heterocycles. The summed E-state index contributed by atoms with van der Waals surface area (Å²) in [4.78, 5) is 14.9. The van der Waals surface area contributed by atoms with Gasteiger partial charge in [0.15, 0.2) is 11.5 Å². The third-order valence-corrected chi connectivity index (χ3v) is 5.69. The second-order valence-electron chi connectivity index (χ2n) is 7.79. The number of aryl methyl sites for hydroxylation is 1. The minimum atomic E-state index is -0.230. The zero-order valence-electron chi connectivity index (χ0n) is 16.7. The largest absolute Gasteiger partial charge is 0.370 e. The molecule has 3 heterocycles. The molecule has 2 N–H and O–H groups in total. The van der Waals surface area contributed by atoms with Gasteiger partial charge in [0.2, 0.25) is 0 Å². The lowest BCUT2D eigenvalue weighted by Crippen LogP contribution is -2.18. The fraction of sp³-hybridized carbons (Fsp3) is 0.364. The molecule has 1 fully saturated rings. The maximum absolute atomic E-state index is 12.6. The highest BCUT2D eigenvalue weighted by Crippen LogP contribution is 2.26. The van der Waals surface area contributed by atoms with Crippen LogP contribution in [-0.2, 0) is 12.8 Å². The van der Waals surface area contributed by atoms with Crippen LogP contribution >= 0.6 is 0 Å². The topological polar surface area (TPSA) is 96.2 Å². The summed E-state index contributed by atoms with van der Waals surface area (Å²) < 4.78 is 5.34. The second-order valence-corrected chi connectivity index (χ2v) is 7.79. The predicted molar refractivity (Wildman–Crippen MR) is 114 cm³/mol. The summed E-state index contributed by atoms with van der Waals surface area (Å²) in [7, 11) is 0. The standard InChI is InChI=1S/C22H24N6O2/c29-22(21-18-5-1-2-6-19(18)30-27-21)25-16-9-7-15(8-10-16)24-20-13-17(14-23-26-20)28-11-3-4-12-28/h7-10,13-14H,1-6,11-12H2,(H,24,26)(H,25,29). The van der Waals surface area contributed by atoms with Crippen molar-refractivity contribution in [2.24, 2.45) is 0 Å². The summed E-state index contributed by atoms with van der Waals surface area (Å²) in [6.45, 7) is 2.13. The fourth-order valence-corrected chi connectivity index (χ4v) is 4.10. The zero-order valence-corrected chi connectivity index (χ0v) is 16.7. The number of amides is 1. The van der Waals surface area contributed by atoms with E-state index in [-0.39, 0.29) is 5.91 Å². The number of rotatable bonds is 5. The van der Waals surface area contributed by atoms with Crippen LogP contribution < -0.4 is 15.5 Å². The van der Waals surface area contributed by atoms with Gasteiger partial charge in [-0.15, -0.1) is 5.10 Å². The molecule has 1 aliphatic carbocycles. The SMILES string of the molecule is O=C(Nc1ccc(Nc2cc(N3CCCC3)cnn2)cc1)c1noc2c1CCCC2. The van der Waals surface area contributed by atoms with Crippen LogP contribution in [0.3, 0.4) is 0 Å². The van der Waals surface area contributed by atoms with E-state index >= 15 is 0 Å². The lowest BCUT2D eigenvalue weighted by molar-refractivity contribution is 0.101. The quantitative estimate of drug-likeness (QED) is 0.665. The van der Waals surface area contributed by atoms with Gasteiger partial charge in [-0.2, -0.15) is 5.10 Å². The van der Waals surface area contributed by atoms with Gasteiger partial charge >= 0.3 is 0 Å². The average Bonchev–Trinajstić information content (AvgIpc) is 3.46. The van der Waals surface area contributed by atoms with Crippen molar-refractivity contribution >= 4 is 28.8 Å². The normalized spacial score (nSPS) is 15.7. The molecular weight excluding hydrogens is 380 g/mol. The van der Waals surface area contributed by atoms with Gasteiger partial charge in [-0.1, -0.05) is 5.16 Å². The molecule has 30 heavy (non-hydrogen) atoms. The van der Waals surface area contributed by atoms with E-state index in [9.17, 15) is 4.79 Å².